The molecular weight excluding hydrogens is 410 g/mol. The van der Waals surface area contributed by atoms with Crippen molar-refractivity contribution in [3.63, 3.8) is 0 Å². The highest BCUT2D eigenvalue weighted by atomic mass is 32.2. The van der Waals surface area contributed by atoms with E-state index in [-0.39, 0.29) is 11.4 Å². The lowest BCUT2D eigenvalue weighted by molar-refractivity contribution is 0.146. The summed E-state index contributed by atoms with van der Waals surface area (Å²) in [6.45, 7) is 2.84. The van der Waals surface area contributed by atoms with E-state index in [4.69, 9.17) is 15.2 Å². The van der Waals surface area contributed by atoms with E-state index in [1.54, 1.807) is 37.6 Å². The molecule has 0 radical (unpaired) electrons. The molecule has 0 unspecified atom stereocenters. The molecule has 2 heterocycles. The number of pyridine rings is 2. The number of nitrogens with zero attached hydrogens (tertiary/aromatic N) is 4. The Hall–Kier alpha value is -3.59. The number of methoxy groups -OCH3 is 1. The lowest BCUT2D eigenvalue weighted by Gasteiger charge is -2.13. The van der Waals surface area contributed by atoms with Gasteiger partial charge in [-0.3, -0.25) is 4.98 Å². The highest BCUT2D eigenvalue weighted by Gasteiger charge is 2.20. The van der Waals surface area contributed by atoms with Crippen LogP contribution in [0.2, 0.25) is 0 Å². The standard InChI is InChI=1S/C23H21N5O2S/c1-15-3-4-16(13-27-15)14-31-23-20(12-25)21(19(11-24)22(26)28-23)17-5-7-18(8-6-17)30-10-9-29-2/h3-8,13H,9-10,14H2,1-2H3,(H2,26,28). The third-order valence-electron chi connectivity index (χ3n) is 4.46. The van der Waals surface area contributed by atoms with Crippen LogP contribution in [0.25, 0.3) is 11.1 Å². The molecule has 0 saturated heterocycles. The normalized spacial score (nSPS) is 10.3. The van der Waals surface area contributed by atoms with Crippen molar-refractivity contribution in [3.8, 4) is 29.0 Å². The first-order valence-electron chi connectivity index (χ1n) is 9.47. The number of ether oxygens (including phenoxy) is 2. The van der Waals surface area contributed by atoms with Crippen LogP contribution in [0.3, 0.4) is 0 Å². The molecule has 0 atom stereocenters. The Morgan fingerprint density at radius 3 is 2.39 bits per heavy atom. The van der Waals surface area contributed by atoms with Gasteiger partial charge in [0.2, 0.25) is 0 Å². The Morgan fingerprint density at radius 1 is 1.03 bits per heavy atom. The third-order valence-corrected chi connectivity index (χ3v) is 5.51. The van der Waals surface area contributed by atoms with E-state index < -0.39 is 0 Å². The summed E-state index contributed by atoms with van der Waals surface area (Å²) in [6, 6.07) is 15.4. The Bertz CT molecular complexity index is 1130. The third kappa shape index (κ3) is 5.32. The van der Waals surface area contributed by atoms with Crippen molar-refractivity contribution in [2.75, 3.05) is 26.1 Å². The second kappa shape index (κ2) is 10.4. The molecule has 3 rings (SSSR count). The maximum absolute atomic E-state index is 9.90. The number of thioether (sulfide) groups is 1. The Kier molecular flexibility index (Phi) is 7.45. The summed E-state index contributed by atoms with van der Waals surface area (Å²) in [4.78, 5) is 8.63. The summed E-state index contributed by atoms with van der Waals surface area (Å²) in [6.07, 6.45) is 1.80. The predicted octanol–water partition coefficient (Wildman–Crippen LogP) is 4.10. The molecule has 2 N–H and O–H groups in total. The molecule has 2 aromatic heterocycles. The summed E-state index contributed by atoms with van der Waals surface area (Å²) >= 11 is 1.39. The van der Waals surface area contributed by atoms with Gasteiger partial charge in [-0.25, -0.2) is 4.98 Å². The zero-order chi connectivity index (χ0) is 22.2. The van der Waals surface area contributed by atoms with Crippen molar-refractivity contribution in [1.82, 2.24) is 9.97 Å². The molecule has 31 heavy (non-hydrogen) atoms. The van der Waals surface area contributed by atoms with Crippen molar-refractivity contribution >= 4 is 17.6 Å². The summed E-state index contributed by atoms with van der Waals surface area (Å²) in [5, 5.41) is 20.1. The maximum atomic E-state index is 9.90. The molecule has 1 aromatic carbocycles. The fourth-order valence-electron chi connectivity index (χ4n) is 2.89. The van der Waals surface area contributed by atoms with Gasteiger partial charge in [0.25, 0.3) is 0 Å². The van der Waals surface area contributed by atoms with Crippen LogP contribution in [0.5, 0.6) is 5.75 Å². The molecule has 0 aliphatic carbocycles. The van der Waals surface area contributed by atoms with Crippen LogP contribution in [0.4, 0.5) is 5.82 Å². The monoisotopic (exact) mass is 431 g/mol. The largest absolute Gasteiger partial charge is 0.491 e. The van der Waals surface area contributed by atoms with Crippen molar-refractivity contribution in [2.24, 2.45) is 0 Å². The van der Waals surface area contributed by atoms with Gasteiger partial charge in [0, 0.05) is 30.3 Å². The molecule has 0 fully saturated rings. The van der Waals surface area contributed by atoms with Crippen LogP contribution < -0.4 is 10.5 Å². The molecule has 156 valence electrons. The number of nitriles is 2. The molecule has 0 aliphatic heterocycles. The van der Waals surface area contributed by atoms with Gasteiger partial charge in [-0.05, 0) is 36.2 Å². The summed E-state index contributed by atoms with van der Waals surface area (Å²) in [5.74, 6) is 1.34. The number of benzene rings is 1. The first kappa shape index (κ1) is 22.1. The molecule has 0 aliphatic rings. The Balaban J connectivity index is 1.96. The van der Waals surface area contributed by atoms with Crippen LogP contribution in [0.1, 0.15) is 22.4 Å². The Morgan fingerprint density at radius 2 is 1.77 bits per heavy atom. The lowest BCUT2D eigenvalue weighted by atomic mass is 9.97. The summed E-state index contributed by atoms with van der Waals surface area (Å²) in [7, 11) is 1.61. The SMILES string of the molecule is COCCOc1ccc(-c2c(C#N)c(N)nc(SCc3ccc(C)nc3)c2C#N)cc1. The number of anilines is 1. The minimum Gasteiger partial charge on any atom is -0.491 e. The van der Waals surface area contributed by atoms with Crippen molar-refractivity contribution < 1.29 is 9.47 Å². The number of hydrogen-bond acceptors (Lipinski definition) is 8. The number of aromatic nitrogens is 2. The van der Waals surface area contributed by atoms with Gasteiger partial charge >= 0.3 is 0 Å². The first-order valence-corrected chi connectivity index (χ1v) is 10.5. The molecule has 0 spiro atoms. The highest BCUT2D eigenvalue weighted by molar-refractivity contribution is 7.98. The average molecular weight is 432 g/mol. The average Bonchev–Trinajstić information content (AvgIpc) is 2.79. The lowest BCUT2D eigenvalue weighted by Crippen LogP contribution is -2.05. The van der Waals surface area contributed by atoms with Crippen LogP contribution in [0.15, 0.2) is 47.6 Å². The van der Waals surface area contributed by atoms with E-state index >= 15 is 0 Å². The topological polar surface area (TPSA) is 118 Å². The zero-order valence-corrected chi connectivity index (χ0v) is 18.1. The van der Waals surface area contributed by atoms with Gasteiger partial charge in [-0.2, -0.15) is 10.5 Å². The Labute approximate surface area is 185 Å². The van der Waals surface area contributed by atoms with E-state index in [0.29, 0.717) is 46.4 Å². The maximum Gasteiger partial charge on any atom is 0.143 e. The molecule has 0 bridgehead atoms. The zero-order valence-electron chi connectivity index (χ0n) is 17.3. The first-order chi connectivity index (χ1) is 15.1. The minimum atomic E-state index is 0.0986. The van der Waals surface area contributed by atoms with Crippen molar-refractivity contribution in [2.45, 2.75) is 17.7 Å². The van der Waals surface area contributed by atoms with Crippen LogP contribution in [0, 0.1) is 29.6 Å². The van der Waals surface area contributed by atoms with Gasteiger partial charge in [0.1, 0.15) is 40.9 Å². The fraction of sp³-hybridized carbons (Fsp3) is 0.217. The summed E-state index contributed by atoms with van der Waals surface area (Å²) < 4.78 is 10.6. The highest BCUT2D eigenvalue weighted by Crippen LogP contribution is 2.37. The van der Waals surface area contributed by atoms with Crippen LogP contribution in [-0.4, -0.2) is 30.3 Å². The summed E-state index contributed by atoms with van der Waals surface area (Å²) in [5.41, 5.74) is 9.70. The van der Waals surface area contributed by atoms with Gasteiger partial charge in [-0.1, -0.05) is 18.2 Å². The fourth-order valence-corrected chi connectivity index (χ4v) is 3.82. The van der Waals surface area contributed by atoms with E-state index in [1.807, 2.05) is 19.1 Å². The van der Waals surface area contributed by atoms with E-state index in [2.05, 4.69) is 22.1 Å². The van der Waals surface area contributed by atoms with Gasteiger partial charge in [0.15, 0.2) is 0 Å². The van der Waals surface area contributed by atoms with Gasteiger partial charge < -0.3 is 15.2 Å². The molecule has 0 amide bonds. The smallest absolute Gasteiger partial charge is 0.143 e. The number of hydrogen-bond donors (Lipinski definition) is 1. The quantitative estimate of drug-likeness (QED) is 0.418. The molecule has 0 saturated carbocycles. The molecule has 7 nitrogen and oxygen atoms in total. The van der Waals surface area contributed by atoms with Crippen LogP contribution >= 0.6 is 11.8 Å². The molecule has 8 heteroatoms. The predicted molar refractivity (Wildman–Crippen MR) is 119 cm³/mol. The number of rotatable bonds is 8. The second-order valence-corrected chi connectivity index (χ2v) is 7.58. The van der Waals surface area contributed by atoms with E-state index in [1.165, 1.54) is 11.8 Å². The molecule has 3 aromatic rings. The van der Waals surface area contributed by atoms with E-state index in [9.17, 15) is 10.5 Å². The second-order valence-electron chi connectivity index (χ2n) is 6.61. The van der Waals surface area contributed by atoms with Gasteiger partial charge in [-0.15, -0.1) is 11.8 Å². The van der Waals surface area contributed by atoms with E-state index in [0.717, 1.165) is 11.3 Å². The number of nitrogens with two attached hydrogens (primary N) is 1. The minimum absolute atomic E-state index is 0.0986. The van der Waals surface area contributed by atoms with Crippen molar-refractivity contribution in [3.05, 3.63) is 65.0 Å². The van der Waals surface area contributed by atoms with Gasteiger partial charge in [0.05, 0.1) is 12.2 Å². The number of nitrogen functional groups attached to an aromatic ring is 1. The molecular formula is C23H21N5O2S. The number of aryl methyl sites for hydroxylation is 1. The van der Waals surface area contributed by atoms with Crippen molar-refractivity contribution in [1.29, 1.82) is 10.5 Å². The van der Waals surface area contributed by atoms with Crippen LogP contribution in [-0.2, 0) is 10.5 Å².